The maximum Gasteiger partial charge on any atom is 0.166 e. The molecule has 4 atom stereocenters. The van der Waals surface area contributed by atoms with E-state index < -0.39 is 11.6 Å². The molecule has 0 aromatic heterocycles. The van der Waals surface area contributed by atoms with Crippen LogP contribution in [0.15, 0.2) is 0 Å². The van der Waals surface area contributed by atoms with Gasteiger partial charge in [-0.15, -0.1) is 0 Å². The molecule has 23 heavy (non-hydrogen) atoms. The Bertz CT molecular complexity index is 338. The van der Waals surface area contributed by atoms with E-state index in [-0.39, 0.29) is 12.2 Å². The van der Waals surface area contributed by atoms with E-state index >= 15 is 0 Å². The van der Waals surface area contributed by atoms with E-state index in [1.807, 2.05) is 13.8 Å². The predicted octanol–water partition coefficient (Wildman–Crippen LogP) is 3.36. The minimum atomic E-state index is -0.467. The zero-order valence-corrected chi connectivity index (χ0v) is 15.6. The van der Waals surface area contributed by atoms with Crippen molar-refractivity contribution in [3.63, 3.8) is 0 Å². The minimum absolute atomic E-state index is 0.00289. The Labute approximate surface area is 140 Å². The van der Waals surface area contributed by atoms with Crippen LogP contribution in [0.25, 0.3) is 0 Å². The van der Waals surface area contributed by atoms with E-state index in [4.69, 9.17) is 23.7 Å². The second-order valence-electron chi connectivity index (χ2n) is 8.10. The number of rotatable bonds is 8. The molecule has 0 radical (unpaired) electrons. The van der Waals surface area contributed by atoms with E-state index in [0.29, 0.717) is 38.3 Å². The van der Waals surface area contributed by atoms with Gasteiger partial charge in [-0.1, -0.05) is 27.7 Å². The average Bonchev–Trinajstić information content (AvgIpc) is 2.92. The maximum atomic E-state index is 6.00. The first-order chi connectivity index (χ1) is 10.7. The molecule has 0 aromatic carbocycles. The first-order valence-corrected chi connectivity index (χ1v) is 8.91. The molecule has 2 saturated heterocycles. The van der Waals surface area contributed by atoms with Gasteiger partial charge in [0.05, 0.1) is 26.4 Å². The third-order valence-electron chi connectivity index (χ3n) is 4.15. The molecule has 2 aliphatic heterocycles. The average molecular weight is 330 g/mol. The van der Waals surface area contributed by atoms with Crippen LogP contribution in [0.3, 0.4) is 0 Å². The topological polar surface area (TPSA) is 46.2 Å². The Morgan fingerprint density at radius 3 is 1.57 bits per heavy atom. The van der Waals surface area contributed by atoms with Crippen LogP contribution in [0.5, 0.6) is 0 Å². The standard InChI is InChI=1S/C18H34O5/c1-13(2)7-17(5)20-11-15(22-17)9-19-10-16-12-21-18(6,23-16)8-14(3)4/h13-16H,7-12H2,1-6H3. The van der Waals surface area contributed by atoms with Gasteiger partial charge in [-0.25, -0.2) is 0 Å². The molecule has 4 unspecified atom stereocenters. The van der Waals surface area contributed by atoms with Crippen molar-refractivity contribution < 1.29 is 23.7 Å². The summed E-state index contributed by atoms with van der Waals surface area (Å²) in [6.07, 6.45) is 1.80. The van der Waals surface area contributed by atoms with Gasteiger partial charge in [-0.2, -0.15) is 0 Å². The van der Waals surface area contributed by atoms with E-state index in [2.05, 4.69) is 27.7 Å². The normalized spacial score (nSPS) is 38.1. The van der Waals surface area contributed by atoms with Crippen molar-refractivity contribution in [3.05, 3.63) is 0 Å². The molecule has 2 heterocycles. The smallest absolute Gasteiger partial charge is 0.166 e. The van der Waals surface area contributed by atoms with Crippen LogP contribution in [0.4, 0.5) is 0 Å². The van der Waals surface area contributed by atoms with Gasteiger partial charge in [0.1, 0.15) is 12.2 Å². The van der Waals surface area contributed by atoms with Crippen LogP contribution in [-0.2, 0) is 23.7 Å². The van der Waals surface area contributed by atoms with E-state index in [0.717, 1.165) is 12.8 Å². The van der Waals surface area contributed by atoms with Crippen LogP contribution in [0.1, 0.15) is 54.4 Å². The van der Waals surface area contributed by atoms with E-state index in [9.17, 15) is 0 Å². The molecule has 0 amide bonds. The molecule has 2 fully saturated rings. The largest absolute Gasteiger partial charge is 0.376 e. The highest BCUT2D eigenvalue weighted by Gasteiger charge is 2.39. The van der Waals surface area contributed by atoms with Gasteiger partial charge in [-0.3, -0.25) is 0 Å². The highest BCUT2D eigenvalue weighted by molar-refractivity contribution is 4.78. The van der Waals surface area contributed by atoms with Crippen molar-refractivity contribution in [3.8, 4) is 0 Å². The SMILES string of the molecule is CC(C)CC1(C)OCC(COCC2COC(C)(CC(C)C)O2)O1. The molecule has 5 nitrogen and oxygen atoms in total. The summed E-state index contributed by atoms with van der Waals surface area (Å²) in [5.74, 6) is 0.153. The zero-order valence-electron chi connectivity index (χ0n) is 15.6. The van der Waals surface area contributed by atoms with Crippen molar-refractivity contribution in [2.45, 2.75) is 78.2 Å². The number of hydrogen-bond donors (Lipinski definition) is 0. The fourth-order valence-electron chi connectivity index (χ4n) is 3.57. The zero-order chi connectivity index (χ0) is 17.1. The summed E-state index contributed by atoms with van der Waals surface area (Å²) in [5, 5.41) is 0. The van der Waals surface area contributed by atoms with Gasteiger partial charge in [0.25, 0.3) is 0 Å². The van der Waals surface area contributed by atoms with E-state index in [1.54, 1.807) is 0 Å². The van der Waals surface area contributed by atoms with Crippen molar-refractivity contribution >= 4 is 0 Å². The summed E-state index contributed by atoms with van der Waals surface area (Å²) >= 11 is 0. The van der Waals surface area contributed by atoms with Gasteiger partial charge in [0.15, 0.2) is 11.6 Å². The summed E-state index contributed by atoms with van der Waals surface area (Å²) in [7, 11) is 0. The fourth-order valence-corrected chi connectivity index (χ4v) is 3.57. The minimum Gasteiger partial charge on any atom is -0.376 e. The molecule has 0 bridgehead atoms. The summed E-state index contributed by atoms with van der Waals surface area (Å²) < 4.78 is 29.4. The van der Waals surface area contributed by atoms with Gasteiger partial charge >= 0.3 is 0 Å². The first-order valence-electron chi connectivity index (χ1n) is 8.91. The second-order valence-corrected chi connectivity index (χ2v) is 8.10. The molecular weight excluding hydrogens is 296 g/mol. The van der Waals surface area contributed by atoms with Crippen molar-refractivity contribution in [1.82, 2.24) is 0 Å². The predicted molar refractivity (Wildman–Crippen MR) is 88.2 cm³/mol. The lowest BCUT2D eigenvalue weighted by Crippen LogP contribution is -2.31. The molecule has 2 rings (SSSR count). The van der Waals surface area contributed by atoms with Crippen LogP contribution in [0, 0.1) is 11.8 Å². The molecule has 0 aliphatic carbocycles. The molecule has 5 heteroatoms. The van der Waals surface area contributed by atoms with Crippen LogP contribution < -0.4 is 0 Å². The lowest BCUT2D eigenvalue weighted by molar-refractivity contribution is -0.177. The molecule has 136 valence electrons. The van der Waals surface area contributed by atoms with Gasteiger partial charge < -0.3 is 23.7 Å². The first kappa shape index (κ1) is 19.1. The quantitative estimate of drug-likeness (QED) is 0.683. The second kappa shape index (κ2) is 7.79. The van der Waals surface area contributed by atoms with Gasteiger partial charge in [-0.05, 0) is 25.7 Å². The van der Waals surface area contributed by atoms with Crippen LogP contribution >= 0.6 is 0 Å². The highest BCUT2D eigenvalue weighted by atomic mass is 16.8. The molecule has 0 N–H and O–H groups in total. The van der Waals surface area contributed by atoms with Gasteiger partial charge in [0, 0.05) is 12.8 Å². The lowest BCUT2D eigenvalue weighted by atomic mass is 10.0. The molecule has 0 spiro atoms. The third kappa shape index (κ3) is 5.98. The van der Waals surface area contributed by atoms with Crippen molar-refractivity contribution in [1.29, 1.82) is 0 Å². The number of ether oxygens (including phenoxy) is 5. The Kier molecular flexibility index (Phi) is 6.48. The summed E-state index contributed by atoms with van der Waals surface area (Å²) in [6, 6.07) is 0. The number of hydrogen-bond acceptors (Lipinski definition) is 5. The molecule has 0 saturated carbocycles. The Morgan fingerprint density at radius 2 is 1.22 bits per heavy atom. The third-order valence-corrected chi connectivity index (χ3v) is 4.15. The summed E-state index contributed by atoms with van der Waals surface area (Å²) in [4.78, 5) is 0. The Balaban J connectivity index is 1.65. The van der Waals surface area contributed by atoms with Crippen molar-refractivity contribution in [2.24, 2.45) is 11.8 Å². The lowest BCUT2D eigenvalue weighted by Gasteiger charge is -2.25. The maximum absolute atomic E-state index is 6.00. The molecular formula is C18H34O5. The summed E-state index contributed by atoms with van der Waals surface area (Å²) in [6.45, 7) is 15.0. The van der Waals surface area contributed by atoms with Gasteiger partial charge in [0.2, 0.25) is 0 Å². The molecule has 2 aliphatic rings. The fraction of sp³-hybridized carbons (Fsp3) is 1.00. The van der Waals surface area contributed by atoms with Crippen LogP contribution in [0.2, 0.25) is 0 Å². The Hall–Kier alpha value is -0.200. The van der Waals surface area contributed by atoms with Crippen LogP contribution in [-0.4, -0.2) is 50.2 Å². The summed E-state index contributed by atoms with van der Waals surface area (Å²) in [5.41, 5.74) is 0. The van der Waals surface area contributed by atoms with Crippen molar-refractivity contribution in [2.75, 3.05) is 26.4 Å². The Morgan fingerprint density at radius 1 is 0.826 bits per heavy atom. The molecule has 0 aromatic rings. The van der Waals surface area contributed by atoms with E-state index in [1.165, 1.54) is 0 Å². The monoisotopic (exact) mass is 330 g/mol. The highest BCUT2D eigenvalue weighted by Crippen LogP contribution is 2.31.